The molecule has 0 aromatic heterocycles. The standard InChI is InChI=1S/C41H78NO2/c1-6-9-11-13-15-17-19-21-23-25-27-29-31-33-35-37-39(43)41(42(4,5)8-3)40(44)38-36-34-32-30-28-26-24-22-20-18-16-14-12-10-7-2/h21-24,41H,6-20,25-38H2,1-5H3/q+1/b23-21-,24-22-. The van der Waals surface area contributed by atoms with E-state index in [1.165, 1.54) is 141 Å². The maximum atomic E-state index is 13.2. The number of hydrogen-bond donors (Lipinski definition) is 0. The summed E-state index contributed by atoms with van der Waals surface area (Å²) in [5, 5.41) is 0. The van der Waals surface area contributed by atoms with Gasteiger partial charge in [-0.3, -0.25) is 9.59 Å². The minimum absolute atomic E-state index is 0.173. The van der Waals surface area contributed by atoms with Crippen molar-refractivity contribution in [2.24, 2.45) is 0 Å². The zero-order valence-corrected chi connectivity index (χ0v) is 30.7. The van der Waals surface area contributed by atoms with Crippen molar-refractivity contribution < 1.29 is 14.1 Å². The fourth-order valence-electron chi connectivity index (χ4n) is 6.16. The quantitative estimate of drug-likeness (QED) is 0.0312. The Kier molecular flexibility index (Phi) is 30.9. The van der Waals surface area contributed by atoms with Gasteiger partial charge in [-0.1, -0.05) is 141 Å². The lowest BCUT2D eigenvalue weighted by molar-refractivity contribution is -0.895. The van der Waals surface area contributed by atoms with Gasteiger partial charge in [0.15, 0.2) is 11.6 Å². The first kappa shape index (κ1) is 42.8. The number of hydrogen-bond acceptors (Lipinski definition) is 2. The van der Waals surface area contributed by atoms with E-state index >= 15 is 0 Å². The molecule has 0 fully saturated rings. The molecular formula is C41H78NO2+. The molecule has 0 N–H and O–H groups in total. The molecule has 0 radical (unpaired) electrons. The van der Waals surface area contributed by atoms with Gasteiger partial charge in [0, 0.05) is 12.8 Å². The number of Topliss-reactive ketones (excluding diaryl/α,β-unsaturated/α-hetero) is 2. The molecule has 0 spiro atoms. The minimum atomic E-state index is -0.478. The maximum absolute atomic E-state index is 13.2. The van der Waals surface area contributed by atoms with Crippen LogP contribution in [0.5, 0.6) is 0 Å². The lowest BCUT2D eigenvalue weighted by Gasteiger charge is -2.35. The molecule has 44 heavy (non-hydrogen) atoms. The topological polar surface area (TPSA) is 34.1 Å². The number of likely N-dealkylation sites (N-methyl/N-ethyl adjacent to an activating group) is 1. The van der Waals surface area contributed by atoms with Crippen LogP contribution in [0.25, 0.3) is 0 Å². The molecule has 0 aliphatic carbocycles. The summed E-state index contributed by atoms with van der Waals surface area (Å²) >= 11 is 0. The van der Waals surface area contributed by atoms with Crippen LogP contribution in [0.4, 0.5) is 0 Å². The number of unbranched alkanes of at least 4 members (excludes halogenated alkanes) is 22. The average Bonchev–Trinajstić information content (AvgIpc) is 3.01. The van der Waals surface area contributed by atoms with Crippen LogP contribution < -0.4 is 0 Å². The van der Waals surface area contributed by atoms with E-state index in [2.05, 4.69) is 59.2 Å². The molecule has 0 rings (SSSR count). The lowest BCUT2D eigenvalue weighted by Crippen LogP contribution is -2.56. The highest BCUT2D eigenvalue weighted by Crippen LogP contribution is 2.18. The number of nitrogens with zero attached hydrogens (tertiary/aromatic N) is 1. The highest BCUT2D eigenvalue weighted by Gasteiger charge is 2.38. The Morgan fingerprint density at radius 3 is 1.00 bits per heavy atom. The van der Waals surface area contributed by atoms with Crippen molar-refractivity contribution in [3.05, 3.63) is 24.3 Å². The molecule has 0 atom stereocenters. The number of carbonyl (C=O) groups excluding carboxylic acids is 2. The minimum Gasteiger partial charge on any atom is -0.314 e. The van der Waals surface area contributed by atoms with Crippen LogP contribution in [0.3, 0.4) is 0 Å². The Labute approximate surface area is 276 Å². The summed E-state index contributed by atoms with van der Waals surface area (Å²) < 4.78 is 0.494. The third-order valence-electron chi connectivity index (χ3n) is 9.49. The summed E-state index contributed by atoms with van der Waals surface area (Å²) in [6.45, 7) is 7.45. The molecule has 0 unspecified atom stereocenters. The fourth-order valence-corrected chi connectivity index (χ4v) is 6.16. The van der Waals surface area contributed by atoms with Crippen molar-refractivity contribution in [2.45, 2.75) is 207 Å². The molecule has 0 saturated carbocycles. The van der Waals surface area contributed by atoms with E-state index in [9.17, 15) is 9.59 Å². The van der Waals surface area contributed by atoms with Crippen LogP contribution in [-0.2, 0) is 9.59 Å². The molecule has 258 valence electrons. The molecule has 0 aliphatic rings. The molecule has 3 heteroatoms. The third kappa shape index (κ3) is 26.0. The monoisotopic (exact) mass is 617 g/mol. The molecule has 0 aromatic rings. The summed E-state index contributed by atoms with van der Waals surface area (Å²) in [7, 11) is 4.11. The van der Waals surface area contributed by atoms with E-state index in [4.69, 9.17) is 0 Å². The molecule has 0 bridgehead atoms. The Morgan fingerprint density at radius 2 is 0.705 bits per heavy atom. The van der Waals surface area contributed by atoms with Crippen molar-refractivity contribution >= 4 is 11.6 Å². The molecular weight excluding hydrogens is 538 g/mol. The Morgan fingerprint density at radius 1 is 0.432 bits per heavy atom. The van der Waals surface area contributed by atoms with Gasteiger partial charge in [-0.2, -0.15) is 0 Å². The average molecular weight is 617 g/mol. The van der Waals surface area contributed by atoms with Crippen molar-refractivity contribution in [3.63, 3.8) is 0 Å². The first-order valence-corrected chi connectivity index (χ1v) is 19.6. The van der Waals surface area contributed by atoms with E-state index in [-0.39, 0.29) is 11.6 Å². The van der Waals surface area contributed by atoms with Gasteiger partial charge in [-0.15, -0.1) is 0 Å². The first-order valence-electron chi connectivity index (χ1n) is 19.6. The molecule has 0 heterocycles. The molecule has 3 nitrogen and oxygen atoms in total. The maximum Gasteiger partial charge on any atom is 0.206 e. The van der Waals surface area contributed by atoms with Crippen molar-refractivity contribution in [3.8, 4) is 0 Å². The van der Waals surface area contributed by atoms with E-state index in [1.807, 2.05) is 0 Å². The fraction of sp³-hybridized carbons (Fsp3) is 0.854. The summed E-state index contributed by atoms with van der Waals surface area (Å²) in [6, 6.07) is -0.478. The number of ketones is 2. The highest BCUT2D eigenvalue weighted by molar-refractivity contribution is 6.05. The van der Waals surface area contributed by atoms with Gasteiger partial charge < -0.3 is 4.48 Å². The Balaban J connectivity index is 4.00. The summed E-state index contributed by atoms with van der Waals surface area (Å²) in [5.74, 6) is 0.347. The molecule has 0 amide bonds. The van der Waals surface area contributed by atoms with Crippen molar-refractivity contribution in [1.82, 2.24) is 0 Å². The lowest BCUT2D eigenvalue weighted by atomic mass is 9.95. The Bertz CT molecular complexity index is 655. The van der Waals surface area contributed by atoms with Crippen LogP contribution in [0.1, 0.15) is 201 Å². The number of quaternary nitrogens is 1. The van der Waals surface area contributed by atoms with Gasteiger partial charge in [0.05, 0.1) is 20.6 Å². The van der Waals surface area contributed by atoms with Crippen LogP contribution in [0.15, 0.2) is 24.3 Å². The molecule has 0 aliphatic heterocycles. The number of rotatable bonds is 34. The van der Waals surface area contributed by atoms with E-state index < -0.39 is 6.04 Å². The smallest absolute Gasteiger partial charge is 0.206 e. The summed E-state index contributed by atoms with van der Waals surface area (Å²) in [4.78, 5) is 26.5. The highest BCUT2D eigenvalue weighted by atomic mass is 16.2. The van der Waals surface area contributed by atoms with Crippen molar-refractivity contribution in [2.75, 3.05) is 20.6 Å². The largest absolute Gasteiger partial charge is 0.314 e. The summed E-state index contributed by atoms with van der Waals surface area (Å²) in [5.41, 5.74) is 0. The Hall–Kier alpha value is -1.22. The zero-order valence-electron chi connectivity index (χ0n) is 30.7. The normalized spacial score (nSPS) is 12.3. The SMILES string of the molecule is CCCCCCCC/C=C\CCCCCCCC(=O)C(C(=O)CCCCCCC/C=C\CCCCCCCC)[N+](C)(C)CC. The van der Waals surface area contributed by atoms with Crippen LogP contribution >= 0.6 is 0 Å². The van der Waals surface area contributed by atoms with E-state index in [0.717, 1.165) is 32.2 Å². The van der Waals surface area contributed by atoms with Gasteiger partial charge in [0.2, 0.25) is 6.04 Å². The van der Waals surface area contributed by atoms with E-state index in [0.29, 0.717) is 17.3 Å². The predicted molar refractivity (Wildman–Crippen MR) is 195 cm³/mol. The second-order valence-corrected chi connectivity index (χ2v) is 14.1. The van der Waals surface area contributed by atoms with Gasteiger partial charge in [-0.25, -0.2) is 0 Å². The molecule has 0 saturated heterocycles. The van der Waals surface area contributed by atoms with Gasteiger partial charge in [-0.05, 0) is 71.1 Å². The van der Waals surface area contributed by atoms with Crippen LogP contribution in [-0.4, -0.2) is 42.7 Å². The third-order valence-corrected chi connectivity index (χ3v) is 9.49. The zero-order chi connectivity index (χ0) is 32.6. The second-order valence-electron chi connectivity index (χ2n) is 14.1. The molecule has 0 aromatic carbocycles. The van der Waals surface area contributed by atoms with Gasteiger partial charge in [0.25, 0.3) is 0 Å². The summed E-state index contributed by atoms with van der Waals surface area (Å²) in [6.07, 6.45) is 43.3. The predicted octanol–water partition coefficient (Wildman–Crippen LogP) is 12.7. The first-order chi connectivity index (χ1) is 21.4. The van der Waals surface area contributed by atoms with Crippen LogP contribution in [0, 0.1) is 0 Å². The second kappa shape index (κ2) is 31.7. The van der Waals surface area contributed by atoms with Crippen LogP contribution in [0.2, 0.25) is 0 Å². The van der Waals surface area contributed by atoms with Gasteiger partial charge in [0.1, 0.15) is 0 Å². The van der Waals surface area contributed by atoms with Gasteiger partial charge >= 0.3 is 0 Å². The number of allylic oxidation sites excluding steroid dienone is 4. The van der Waals surface area contributed by atoms with E-state index in [1.54, 1.807) is 0 Å². The number of carbonyl (C=O) groups is 2. The van der Waals surface area contributed by atoms with Crippen molar-refractivity contribution in [1.29, 1.82) is 0 Å².